The number of benzene rings is 2. The summed E-state index contributed by atoms with van der Waals surface area (Å²) in [6.45, 7) is 0.417. The minimum Gasteiger partial charge on any atom is -0.417 e. The molecule has 0 aromatic heterocycles. The molecule has 2 aromatic rings. The lowest BCUT2D eigenvalue weighted by atomic mass is 9.87. The van der Waals surface area contributed by atoms with Gasteiger partial charge in [-0.05, 0) is 30.0 Å². The van der Waals surface area contributed by atoms with Gasteiger partial charge in [-0.25, -0.2) is 0 Å². The Kier molecular flexibility index (Phi) is 4.79. The van der Waals surface area contributed by atoms with E-state index in [-0.39, 0.29) is 16.3 Å². The van der Waals surface area contributed by atoms with Crippen LogP contribution < -0.4 is 0 Å². The topological polar surface area (TPSA) is 92.5 Å². The number of nitrogens with zero attached hydrogens (tertiary/aromatic N) is 3. The molecular formula is C24H18N3O4S+. The molecule has 1 aliphatic heterocycles. The Labute approximate surface area is 188 Å². The van der Waals surface area contributed by atoms with Crippen molar-refractivity contribution in [3.05, 3.63) is 134 Å². The molecule has 0 bridgehead atoms. The lowest BCUT2D eigenvalue weighted by Crippen LogP contribution is -2.43. The fourth-order valence-corrected chi connectivity index (χ4v) is 5.89. The van der Waals surface area contributed by atoms with Crippen LogP contribution in [0.1, 0.15) is 16.7 Å². The molecule has 2 aliphatic carbocycles. The van der Waals surface area contributed by atoms with E-state index >= 15 is 0 Å². The van der Waals surface area contributed by atoms with Crippen LogP contribution in [-0.2, 0) is 11.4 Å². The third kappa shape index (κ3) is 2.99. The van der Waals surface area contributed by atoms with Gasteiger partial charge in [-0.3, -0.25) is 15.3 Å². The largest absolute Gasteiger partial charge is 0.417 e. The van der Waals surface area contributed by atoms with Crippen LogP contribution in [0.25, 0.3) is 0 Å². The van der Waals surface area contributed by atoms with Crippen LogP contribution in [0.2, 0.25) is 0 Å². The van der Waals surface area contributed by atoms with E-state index in [0.29, 0.717) is 17.7 Å². The maximum atomic E-state index is 12.4. The lowest BCUT2D eigenvalue weighted by molar-refractivity contribution is -0.725. The number of allylic oxidation sites excluding steroid dienone is 7. The molecule has 0 saturated carbocycles. The number of nitro groups is 1. The summed E-state index contributed by atoms with van der Waals surface area (Å²) in [5.41, 5.74) is 2.56. The summed E-state index contributed by atoms with van der Waals surface area (Å²) < 4.78 is 2.01. The summed E-state index contributed by atoms with van der Waals surface area (Å²) >= 11 is 1.37. The first-order valence-corrected chi connectivity index (χ1v) is 10.8. The van der Waals surface area contributed by atoms with Crippen LogP contribution in [0.4, 0.5) is 0 Å². The second-order valence-corrected chi connectivity index (χ2v) is 8.70. The third-order valence-corrected chi connectivity index (χ3v) is 7.19. The van der Waals surface area contributed by atoms with E-state index in [9.17, 15) is 20.5 Å². The van der Waals surface area contributed by atoms with Gasteiger partial charge in [0.15, 0.2) is 6.54 Å². The van der Waals surface area contributed by atoms with Crippen LogP contribution in [0.15, 0.2) is 102 Å². The summed E-state index contributed by atoms with van der Waals surface area (Å²) in [6, 6.07) is 16.8. The van der Waals surface area contributed by atoms with Gasteiger partial charge in [0.2, 0.25) is 5.71 Å². The average molecular weight is 444 g/mol. The highest BCUT2D eigenvalue weighted by molar-refractivity contribution is 8.05. The number of hydrogen-bond acceptors (Lipinski definition) is 5. The highest BCUT2D eigenvalue weighted by atomic mass is 32.2. The molecule has 5 rings (SSSR count). The van der Waals surface area contributed by atoms with E-state index in [1.165, 1.54) is 17.8 Å². The SMILES string of the molecule is O=[N+]([O-])C1=C/C(=[N+](/[O-])O)c2ccccc2[C@@]12SC1=CC=CC=CC1=[N+]2Cc1ccccc1. The average Bonchev–Trinajstić information content (AvgIpc) is 2.93. The van der Waals surface area contributed by atoms with Gasteiger partial charge < -0.3 is 5.21 Å². The van der Waals surface area contributed by atoms with Crippen LogP contribution in [0.5, 0.6) is 0 Å². The summed E-state index contributed by atoms with van der Waals surface area (Å²) in [7, 11) is 0. The monoisotopic (exact) mass is 444 g/mol. The van der Waals surface area contributed by atoms with Crippen molar-refractivity contribution >= 4 is 23.2 Å². The number of hydrogen-bond donors (Lipinski definition) is 1. The van der Waals surface area contributed by atoms with Crippen LogP contribution >= 0.6 is 11.8 Å². The summed E-state index contributed by atoms with van der Waals surface area (Å²) in [4.78, 5) is 11.3. The van der Waals surface area contributed by atoms with Crippen LogP contribution in [0.3, 0.4) is 0 Å². The molecule has 0 fully saturated rings. The Bertz CT molecular complexity index is 1320. The molecule has 1 atom stereocenters. The molecule has 0 saturated heterocycles. The van der Waals surface area contributed by atoms with E-state index in [1.807, 2.05) is 65.3 Å². The van der Waals surface area contributed by atoms with Crippen molar-refractivity contribution in [2.75, 3.05) is 0 Å². The summed E-state index contributed by atoms with van der Waals surface area (Å²) in [5.74, 6) is 0. The van der Waals surface area contributed by atoms with Crippen molar-refractivity contribution in [1.29, 1.82) is 0 Å². The second kappa shape index (κ2) is 7.65. The van der Waals surface area contributed by atoms with Gasteiger partial charge >= 0.3 is 10.6 Å². The van der Waals surface area contributed by atoms with Crippen molar-refractivity contribution in [3.63, 3.8) is 0 Å². The molecule has 2 aromatic carbocycles. The molecule has 1 heterocycles. The normalized spacial score (nSPS) is 22.8. The number of rotatable bonds is 3. The minimum absolute atomic E-state index is 0.153. The molecule has 0 amide bonds. The van der Waals surface area contributed by atoms with E-state index < -0.39 is 9.79 Å². The van der Waals surface area contributed by atoms with Crippen molar-refractivity contribution in [3.8, 4) is 0 Å². The fourth-order valence-electron chi connectivity index (χ4n) is 4.35. The minimum atomic E-state index is -1.22. The summed E-state index contributed by atoms with van der Waals surface area (Å²) in [6.07, 6.45) is 10.8. The molecule has 158 valence electrons. The zero-order chi connectivity index (χ0) is 22.3. The Morgan fingerprint density at radius 3 is 2.50 bits per heavy atom. The molecule has 8 heteroatoms. The van der Waals surface area contributed by atoms with E-state index in [0.717, 1.165) is 16.2 Å². The third-order valence-electron chi connectivity index (χ3n) is 5.68. The zero-order valence-electron chi connectivity index (χ0n) is 16.8. The maximum Gasteiger partial charge on any atom is 0.339 e. The Hall–Kier alpha value is -3.91. The number of thioether (sulfide) groups is 1. The molecule has 1 N–H and O–H groups in total. The van der Waals surface area contributed by atoms with Crippen molar-refractivity contribution in [2.24, 2.45) is 0 Å². The highest BCUT2D eigenvalue weighted by Gasteiger charge is 2.65. The number of fused-ring (bicyclic) bond motifs is 3. The van der Waals surface area contributed by atoms with Gasteiger partial charge in [-0.15, -0.1) is 0 Å². The molecule has 1 spiro atoms. The zero-order valence-corrected chi connectivity index (χ0v) is 17.6. The first-order valence-electron chi connectivity index (χ1n) is 9.95. The predicted molar refractivity (Wildman–Crippen MR) is 122 cm³/mol. The molecule has 0 unspecified atom stereocenters. The van der Waals surface area contributed by atoms with Gasteiger partial charge in [0.05, 0.1) is 27.0 Å². The predicted octanol–water partition coefficient (Wildman–Crippen LogP) is 4.11. The van der Waals surface area contributed by atoms with Gasteiger partial charge in [0, 0.05) is 16.5 Å². The fraction of sp³-hybridized carbons (Fsp3) is 0.0833. The first-order chi connectivity index (χ1) is 15.5. The molecule has 32 heavy (non-hydrogen) atoms. The maximum absolute atomic E-state index is 12.4. The van der Waals surface area contributed by atoms with E-state index in [2.05, 4.69) is 0 Å². The molecule has 7 nitrogen and oxygen atoms in total. The molecule has 0 radical (unpaired) electrons. The molecular weight excluding hydrogens is 426 g/mol. The van der Waals surface area contributed by atoms with Gasteiger partial charge in [0.25, 0.3) is 5.71 Å². The summed E-state index contributed by atoms with van der Waals surface area (Å²) in [5, 5.41) is 34.0. The first kappa shape index (κ1) is 20.0. The van der Waals surface area contributed by atoms with Crippen LogP contribution in [-0.4, -0.2) is 31.0 Å². The van der Waals surface area contributed by atoms with Crippen molar-refractivity contribution < 1.29 is 19.6 Å². The second-order valence-electron chi connectivity index (χ2n) is 7.47. The van der Waals surface area contributed by atoms with E-state index in [1.54, 1.807) is 24.3 Å². The Morgan fingerprint density at radius 1 is 1.00 bits per heavy atom. The van der Waals surface area contributed by atoms with Gasteiger partial charge in [0.1, 0.15) is 0 Å². The van der Waals surface area contributed by atoms with Crippen molar-refractivity contribution in [1.82, 2.24) is 0 Å². The van der Waals surface area contributed by atoms with E-state index in [4.69, 9.17) is 0 Å². The lowest BCUT2D eigenvalue weighted by Gasteiger charge is -2.27. The van der Waals surface area contributed by atoms with Gasteiger partial charge in [-0.1, -0.05) is 60.7 Å². The Morgan fingerprint density at radius 2 is 1.75 bits per heavy atom. The Balaban J connectivity index is 1.85. The van der Waals surface area contributed by atoms with Gasteiger partial charge in [-0.2, -0.15) is 4.58 Å². The standard InChI is InChI=1S/C24H18N3O4S/c28-26(29)21-15-23(27(30)31)24(19-12-8-7-11-18(19)21)25(16-17-9-3-1-4-10-17)20-13-5-2-6-14-22(20)32-24/h1-15H,16H2,(H,28,29)/q+1/t24-/m1/s1. The quantitative estimate of drug-likeness (QED) is 0.253. The highest BCUT2D eigenvalue weighted by Crippen LogP contribution is 2.55. The smallest absolute Gasteiger partial charge is 0.339 e. The molecule has 3 aliphatic rings. The van der Waals surface area contributed by atoms with Crippen LogP contribution in [0, 0.1) is 15.3 Å². The van der Waals surface area contributed by atoms with Crippen molar-refractivity contribution in [2.45, 2.75) is 11.4 Å².